The van der Waals surface area contributed by atoms with Crippen LogP contribution in [0.1, 0.15) is 23.3 Å². The number of aryl methyl sites for hydroxylation is 2. The molecule has 29 heavy (non-hydrogen) atoms. The van der Waals surface area contributed by atoms with Crippen LogP contribution in [0.5, 0.6) is 11.5 Å². The molecule has 3 aromatic rings. The molecule has 2 heterocycles. The molecule has 0 saturated heterocycles. The van der Waals surface area contributed by atoms with Crippen molar-refractivity contribution in [3.63, 3.8) is 0 Å². The van der Waals surface area contributed by atoms with Crippen molar-refractivity contribution in [1.82, 2.24) is 19.7 Å². The summed E-state index contributed by atoms with van der Waals surface area (Å²) < 4.78 is 12.9. The van der Waals surface area contributed by atoms with E-state index in [0.29, 0.717) is 22.7 Å². The molecule has 1 N–H and O–H groups in total. The SMILES string of the molecule is CCn1c(COc2ccc(OC)cc2)nnc1SCC(=O)Nc1nc(C)c(C)s1. The number of carbonyl (C=O) groups excluding carboxylic acids is 1. The molecule has 0 bridgehead atoms. The second-order valence-corrected chi connectivity index (χ2v) is 8.25. The van der Waals surface area contributed by atoms with Gasteiger partial charge in [-0.15, -0.1) is 21.5 Å². The lowest BCUT2D eigenvalue weighted by Gasteiger charge is -2.09. The lowest BCUT2D eigenvalue weighted by atomic mass is 10.3. The minimum atomic E-state index is -0.120. The Morgan fingerprint density at radius 2 is 1.93 bits per heavy atom. The Hall–Kier alpha value is -2.59. The van der Waals surface area contributed by atoms with E-state index >= 15 is 0 Å². The molecule has 0 spiro atoms. The topological polar surface area (TPSA) is 91.2 Å². The maximum atomic E-state index is 12.2. The molecular weight excluding hydrogens is 410 g/mol. The summed E-state index contributed by atoms with van der Waals surface area (Å²) in [5, 5.41) is 12.6. The molecular formula is C19H23N5O3S2. The van der Waals surface area contributed by atoms with Gasteiger partial charge in [-0.25, -0.2) is 4.98 Å². The van der Waals surface area contributed by atoms with E-state index < -0.39 is 0 Å². The van der Waals surface area contributed by atoms with Gasteiger partial charge >= 0.3 is 0 Å². The average Bonchev–Trinajstić information content (AvgIpc) is 3.26. The van der Waals surface area contributed by atoms with Crippen LogP contribution in [0.25, 0.3) is 0 Å². The Morgan fingerprint density at radius 3 is 2.55 bits per heavy atom. The van der Waals surface area contributed by atoms with Crippen molar-refractivity contribution in [2.24, 2.45) is 0 Å². The molecule has 0 saturated carbocycles. The highest BCUT2D eigenvalue weighted by molar-refractivity contribution is 7.99. The van der Waals surface area contributed by atoms with Gasteiger partial charge < -0.3 is 19.4 Å². The first kappa shape index (κ1) is 21.1. The number of hydrogen-bond acceptors (Lipinski definition) is 8. The molecule has 0 aliphatic carbocycles. The number of carbonyl (C=O) groups is 1. The van der Waals surface area contributed by atoms with Crippen molar-refractivity contribution in [1.29, 1.82) is 0 Å². The summed E-state index contributed by atoms with van der Waals surface area (Å²) in [5.74, 6) is 2.31. The molecule has 154 valence electrons. The number of ether oxygens (including phenoxy) is 2. The fourth-order valence-corrected chi connectivity index (χ4v) is 4.13. The Bertz CT molecular complexity index is 949. The Labute approximate surface area is 177 Å². The fraction of sp³-hybridized carbons (Fsp3) is 0.368. The third-order valence-corrected chi connectivity index (χ3v) is 6.10. The van der Waals surface area contributed by atoms with Gasteiger partial charge in [0.1, 0.15) is 18.1 Å². The van der Waals surface area contributed by atoms with Crippen molar-refractivity contribution in [2.45, 2.75) is 39.1 Å². The smallest absolute Gasteiger partial charge is 0.236 e. The van der Waals surface area contributed by atoms with Crippen molar-refractivity contribution in [3.8, 4) is 11.5 Å². The predicted octanol–water partition coefficient (Wildman–Crippen LogP) is 3.69. The van der Waals surface area contributed by atoms with Crippen molar-refractivity contribution >= 4 is 34.1 Å². The number of anilines is 1. The molecule has 8 nitrogen and oxygen atoms in total. The molecule has 2 aromatic heterocycles. The second-order valence-electron chi connectivity index (χ2n) is 6.10. The summed E-state index contributed by atoms with van der Waals surface area (Å²) in [6.45, 7) is 6.89. The third kappa shape index (κ3) is 5.48. The van der Waals surface area contributed by atoms with Gasteiger partial charge in [0.05, 0.1) is 18.6 Å². The van der Waals surface area contributed by atoms with E-state index in [-0.39, 0.29) is 18.3 Å². The van der Waals surface area contributed by atoms with Gasteiger partial charge in [-0.2, -0.15) is 0 Å². The molecule has 0 unspecified atom stereocenters. The number of amides is 1. The molecule has 3 rings (SSSR count). The second kappa shape index (κ2) is 9.75. The minimum absolute atomic E-state index is 0.120. The van der Waals surface area contributed by atoms with Gasteiger partial charge in [-0.1, -0.05) is 11.8 Å². The van der Waals surface area contributed by atoms with Crippen LogP contribution in [-0.2, 0) is 17.9 Å². The van der Waals surface area contributed by atoms with E-state index in [0.717, 1.165) is 22.1 Å². The number of rotatable bonds is 9. The maximum absolute atomic E-state index is 12.2. The molecule has 1 amide bonds. The van der Waals surface area contributed by atoms with Crippen LogP contribution in [0.3, 0.4) is 0 Å². The van der Waals surface area contributed by atoms with Crippen molar-refractivity contribution in [3.05, 3.63) is 40.7 Å². The van der Waals surface area contributed by atoms with Crippen LogP contribution >= 0.6 is 23.1 Å². The largest absolute Gasteiger partial charge is 0.497 e. The van der Waals surface area contributed by atoms with Gasteiger partial charge in [0, 0.05) is 11.4 Å². The first-order valence-corrected chi connectivity index (χ1v) is 10.9. The van der Waals surface area contributed by atoms with Gasteiger partial charge in [0.2, 0.25) is 5.91 Å². The number of nitrogens with one attached hydrogen (secondary N) is 1. The number of thioether (sulfide) groups is 1. The lowest BCUT2D eigenvalue weighted by molar-refractivity contribution is -0.113. The quantitative estimate of drug-likeness (QED) is 0.515. The summed E-state index contributed by atoms with van der Waals surface area (Å²) in [4.78, 5) is 17.6. The molecule has 0 fully saturated rings. The Balaban J connectivity index is 1.56. The number of methoxy groups -OCH3 is 1. The van der Waals surface area contributed by atoms with E-state index in [9.17, 15) is 4.79 Å². The first-order valence-electron chi connectivity index (χ1n) is 9.05. The van der Waals surface area contributed by atoms with Crippen LogP contribution in [0.15, 0.2) is 29.4 Å². The minimum Gasteiger partial charge on any atom is -0.497 e. The third-order valence-electron chi connectivity index (χ3n) is 4.14. The summed E-state index contributed by atoms with van der Waals surface area (Å²) in [7, 11) is 1.62. The van der Waals surface area contributed by atoms with Crippen LogP contribution < -0.4 is 14.8 Å². The number of hydrogen-bond donors (Lipinski definition) is 1. The zero-order chi connectivity index (χ0) is 20.8. The van der Waals surface area contributed by atoms with Crippen LogP contribution in [-0.4, -0.2) is 38.5 Å². The molecule has 0 aliphatic heterocycles. The summed E-state index contributed by atoms with van der Waals surface area (Å²) in [6, 6.07) is 7.36. The highest BCUT2D eigenvalue weighted by Gasteiger charge is 2.15. The number of thiazole rings is 1. The highest BCUT2D eigenvalue weighted by Crippen LogP contribution is 2.23. The van der Waals surface area contributed by atoms with Crippen LogP contribution in [0.2, 0.25) is 0 Å². The molecule has 0 aliphatic rings. The van der Waals surface area contributed by atoms with Crippen molar-refractivity contribution < 1.29 is 14.3 Å². The number of nitrogens with zero attached hydrogens (tertiary/aromatic N) is 4. The van der Waals surface area contributed by atoms with E-state index in [1.54, 1.807) is 7.11 Å². The summed E-state index contributed by atoms with van der Waals surface area (Å²) in [6.07, 6.45) is 0. The summed E-state index contributed by atoms with van der Waals surface area (Å²) >= 11 is 2.81. The molecule has 10 heteroatoms. The Kier molecular flexibility index (Phi) is 7.10. The monoisotopic (exact) mass is 433 g/mol. The normalized spacial score (nSPS) is 10.8. The van der Waals surface area contributed by atoms with Crippen LogP contribution in [0.4, 0.5) is 5.13 Å². The fourth-order valence-electron chi connectivity index (χ4n) is 2.48. The first-order chi connectivity index (χ1) is 14.0. The lowest BCUT2D eigenvalue weighted by Crippen LogP contribution is -2.14. The molecule has 1 aromatic carbocycles. The summed E-state index contributed by atoms with van der Waals surface area (Å²) in [5.41, 5.74) is 0.935. The van der Waals surface area contributed by atoms with Gasteiger partial charge in [-0.3, -0.25) is 4.79 Å². The number of aromatic nitrogens is 4. The van der Waals surface area contributed by atoms with Crippen molar-refractivity contribution in [2.75, 3.05) is 18.2 Å². The van der Waals surface area contributed by atoms with Gasteiger partial charge in [0.25, 0.3) is 0 Å². The molecule has 0 atom stereocenters. The number of benzene rings is 1. The average molecular weight is 434 g/mol. The van der Waals surface area contributed by atoms with E-state index in [2.05, 4.69) is 20.5 Å². The van der Waals surface area contributed by atoms with Crippen LogP contribution in [0, 0.1) is 13.8 Å². The standard InChI is InChI=1S/C19H23N5O3S2/c1-5-24-16(10-27-15-8-6-14(26-4)7-9-15)22-23-19(24)28-11-17(25)21-18-20-12(2)13(3)29-18/h6-9H,5,10-11H2,1-4H3,(H,20,21,25). The zero-order valence-electron chi connectivity index (χ0n) is 16.8. The predicted molar refractivity (Wildman–Crippen MR) is 114 cm³/mol. The van der Waals surface area contributed by atoms with Gasteiger partial charge in [-0.05, 0) is 45.0 Å². The van der Waals surface area contributed by atoms with E-state index in [4.69, 9.17) is 9.47 Å². The van der Waals surface area contributed by atoms with E-state index in [1.165, 1.54) is 23.1 Å². The van der Waals surface area contributed by atoms with E-state index in [1.807, 2.05) is 49.6 Å². The van der Waals surface area contributed by atoms with Gasteiger partial charge in [0.15, 0.2) is 16.1 Å². The maximum Gasteiger partial charge on any atom is 0.236 e. The Morgan fingerprint density at radius 1 is 1.21 bits per heavy atom. The highest BCUT2D eigenvalue weighted by atomic mass is 32.2. The molecule has 0 radical (unpaired) electrons. The zero-order valence-corrected chi connectivity index (χ0v) is 18.4.